The molecule has 0 aliphatic rings. The average molecular weight is 222 g/mol. The molecule has 0 spiro atoms. The molecular formula is C10H8ClN3O. The lowest BCUT2D eigenvalue weighted by molar-refractivity contribution is 0.111. The molecule has 0 aliphatic heterocycles. The standard InChI is InChI=1S/C10H8ClN3O/c1-7-10(6-15)12-13-14(7)9-4-2-8(11)3-5-9/h2-6H,1H3. The molecule has 0 fully saturated rings. The maximum absolute atomic E-state index is 10.6. The van der Waals surface area contributed by atoms with Crippen LogP contribution in [0.3, 0.4) is 0 Å². The second-order valence-corrected chi connectivity index (χ2v) is 3.50. The predicted molar refractivity (Wildman–Crippen MR) is 56.5 cm³/mol. The smallest absolute Gasteiger partial charge is 0.172 e. The minimum Gasteiger partial charge on any atom is -0.296 e. The summed E-state index contributed by atoms with van der Waals surface area (Å²) < 4.78 is 1.60. The fourth-order valence-corrected chi connectivity index (χ4v) is 1.40. The molecule has 76 valence electrons. The molecule has 5 heteroatoms. The maximum atomic E-state index is 10.6. The number of hydrogen-bond acceptors (Lipinski definition) is 3. The number of benzene rings is 1. The van der Waals surface area contributed by atoms with Gasteiger partial charge in [-0.1, -0.05) is 16.8 Å². The number of nitrogens with zero attached hydrogens (tertiary/aromatic N) is 3. The molecule has 0 radical (unpaired) electrons. The normalized spacial score (nSPS) is 10.3. The number of hydrogen-bond donors (Lipinski definition) is 0. The van der Waals surface area contributed by atoms with E-state index in [9.17, 15) is 4.79 Å². The van der Waals surface area contributed by atoms with Crippen LogP contribution in [-0.4, -0.2) is 21.3 Å². The molecule has 0 atom stereocenters. The van der Waals surface area contributed by atoms with E-state index >= 15 is 0 Å². The van der Waals surface area contributed by atoms with Crippen molar-refractivity contribution in [3.05, 3.63) is 40.7 Å². The predicted octanol–water partition coefficient (Wildman–Crippen LogP) is 2.04. The van der Waals surface area contributed by atoms with Crippen LogP contribution in [0.5, 0.6) is 0 Å². The van der Waals surface area contributed by atoms with Crippen LogP contribution in [0.25, 0.3) is 5.69 Å². The van der Waals surface area contributed by atoms with E-state index in [2.05, 4.69) is 10.3 Å². The van der Waals surface area contributed by atoms with E-state index in [1.54, 1.807) is 23.7 Å². The van der Waals surface area contributed by atoms with Crippen LogP contribution in [-0.2, 0) is 0 Å². The monoisotopic (exact) mass is 221 g/mol. The lowest BCUT2D eigenvalue weighted by atomic mass is 10.3. The highest BCUT2D eigenvalue weighted by Crippen LogP contribution is 2.14. The molecule has 0 N–H and O–H groups in total. The first-order valence-electron chi connectivity index (χ1n) is 4.36. The molecule has 2 rings (SSSR count). The third-order valence-electron chi connectivity index (χ3n) is 2.11. The van der Waals surface area contributed by atoms with E-state index < -0.39 is 0 Å². The number of carbonyl (C=O) groups excluding carboxylic acids is 1. The van der Waals surface area contributed by atoms with Crippen molar-refractivity contribution in [1.29, 1.82) is 0 Å². The Morgan fingerprint density at radius 2 is 2.00 bits per heavy atom. The highest BCUT2D eigenvalue weighted by molar-refractivity contribution is 6.30. The first-order valence-corrected chi connectivity index (χ1v) is 4.73. The Hall–Kier alpha value is -1.68. The van der Waals surface area contributed by atoms with Crippen molar-refractivity contribution < 1.29 is 4.79 Å². The van der Waals surface area contributed by atoms with E-state index in [4.69, 9.17) is 11.6 Å². The lowest BCUT2D eigenvalue weighted by Crippen LogP contribution is -1.98. The molecule has 2 aromatic rings. The summed E-state index contributed by atoms with van der Waals surface area (Å²) in [4.78, 5) is 10.6. The van der Waals surface area contributed by atoms with E-state index in [-0.39, 0.29) is 0 Å². The molecule has 0 saturated carbocycles. The molecule has 1 heterocycles. The van der Waals surface area contributed by atoms with Gasteiger partial charge in [-0.15, -0.1) is 5.10 Å². The second kappa shape index (κ2) is 3.82. The summed E-state index contributed by atoms with van der Waals surface area (Å²) in [5, 5.41) is 8.28. The van der Waals surface area contributed by atoms with Crippen LogP contribution in [0, 0.1) is 6.92 Å². The van der Waals surface area contributed by atoms with Crippen molar-refractivity contribution in [2.45, 2.75) is 6.92 Å². The van der Waals surface area contributed by atoms with E-state index in [0.717, 1.165) is 5.69 Å². The third-order valence-corrected chi connectivity index (χ3v) is 2.37. The SMILES string of the molecule is Cc1c(C=O)nnn1-c1ccc(Cl)cc1. The van der Waals surface area contributed by atoms with Crippen LogP contribution in [0.2, 0.25) is 5.02 Å². The Morgan fingerprint density at radius 3 is 2.53 bits per heavy atom. The molecule has 15 heavy (non-hydrogen) atoms. The summed E-state index contributed by atoms with van der Waals surface area (Å²) in [6.07, 6.45) is 0.689. The van der Waals surface area contributed by atoms with Crippen molar-refractivity contribution in [1.82, 2.24) is 15.0 Å². The zero-order valence-electron chi connectivity index (χ0n) is 8.01. The van der Waals surface area contributed by atoms with Gasteiger partial charge in [-0.3, -0.25) is 4.79 Å². The maximum Gasteiger partial charge on any atom is 0.172 e. The van der Waals surface area contributed by atoms with Gasteiger partial charge in [0.25, 0.3) is 0 Å². The molecule has 1 aromatic heterocycles. The Morgan fingerprint density at radius 1 is 1.33 bits per heavy atom. The van der Waals surface area contributed by atoms with Crippen LogP contribution < -0.4 is 0 Å². The first kappa shape index (κ1) is 9.86. The van der Waals surface area contributed by atoms with Gasteiger partial charge < -0.3 is 0 Å². The molecule has 4 nitrogen and oxygen atoms in total. The van der Waals surface area contributed by atoms with Crippen LogP contribution in [0.1, 0.15) is 16.2 Å². The van der Waals surface area contributed by atoms with Gasteiger partial charge in [0.1, 0.15) is 5.69 Å². The quantitative estimate of drug-likeness (QED) is 0.730. The summed E-state index contributed by atoms with van der Waals surface area (Å²) >= 11 is 5.77. The zero-order valence-corrected chi connectivity index (χ0v) is 8.77. The molecule has 1 aromatic carbocycles. The van der Waals surface area contributed by atoms with E-state index in [1.807, 2.05) is 12.1 Å². The number of rotatable bonds is 2. The first-order chi connectivity index (χ1) is 7.22. The van der Waals surface area contributed by atoms with E-state index in [0.29, 0.717) is 22.7 Å². The highest BCUT2D eigenvalue weighted by Gasteiger charge is 2.08. The van der Waals surface area contributed by atoms with Crippen molar-refractivity contribution in [3.8, 4) is 5.69 Å². The van der Waals surface area contributed by atoms with Crippen molar-refractivity contribution in [3.63, 3.8) is 0 Å². The van der Waals surface area contributed by atoms with Gasteiger partial charge in [-0.05, 0) is 31.2 Å². The Balaban J connectivity index is 2.49. The number of halogens is 1. The largest absolute Gasteiger partial charge is 0.296 e. The van der Waals surface area contributed by atoms with Gasteiger partial charge in [0, 0.05) is 5.02 Å². The third kappa shape index (κ3) is 1.76. The fourth-order valence-electron chi connectivity index (χ4n) is 1.28. The average Bonchev–Trinajstić information content (AvgIpc) is 2.61. The zero-order chi connectivity index (χ0) is 10.8. The van der Waals surface area contributed by atoms with Crippen molar-refractivity contribution in [2.75, 3.05) is 0 Å². The molecular weight excluding hydrogens is 214 g/mol. The summed E-state index contributed by atoms with van der Waals surface area (Å²) in [6.45, 7) is 1.79. The lowest BCUT2D eigenvalue weighted by Gasteiger charge is -2.02. The minimum absolute atomic E-state index is 0.352. The minimum atomic E-state index is 0.352. The number of carbonyl (C=O) groups is 1. The number of aromatic nitrogens is 3. The summed E-state index contributed by atoms with van der Waals surface area (Å²) in [5.41, 5.74) is 1.90. The van der Waals surface area contributed by atoms with Gasteiger partial charge >= 0.3 is 0 Å². The number of aldehydes is 1. The fraction of sp³-hybridized carbons (Fsp3) is 0.100. The van der Waals surface area contributed by atoms with Gasteiger partial charge in [0.2, 0.25) is 0 Å². The van der Waals surface area contributed by atoms with Gasteiger partial charge in [0.15, 0.2) is 6.29 Å². The van der Waals surface area contributed by atoms with Crippen molar-refractivity contribution in [2.24, 2.45) is 0 Å². The molecule has 0 aliphatic carbocycles. The molecule has 0 saturated heterocycles. The summed E-state index contributed by atoms with van der Waals surface area (Å²) in [5.74, 6) is 0. The van der Waals surface area contributed by atoms with Crippen molar-refractivity contribution >= 4 is 17.9 Å². The van der Waals surface area contributed by atoms with Crippen LogP contribution >= 0.6 is 11.6 Å². The van der Waals surface area contributed by atoms with Gasteiger partial charge in [0.05, 0.1) is 11.4 Å². The van der Waals surface area contributed by atoms with Gasteiger partial charge in [-0.25, -0.2) is 4.68 Å². The summed E-state index contributed by atoms with van der Waals surface area (Å²) in [6, 6.07) is 7.16. The molecule has 0 bridgehead atoms. The highest BCUT2D eigenvalue weighted by atomic mass is 35.5. The van der Waals surface area contributed by atoms with Gasteiger partial charge in [-0.2, -0.15) is 0 Å². The summed E-state index contributed by atoms with van der Waals surface area (Å²) in [7, 11) is 0. The Labute approximate surface area is 91.5 Å². The van der Waals surface area contributed by atoms with Crippen LogP contribution in [0.15, 0.2) is 24.3 Å². The second-order valence-electron chi connectivity index (χ2n) is 3.07. The Bertz CT molecular complexity index is 490. The molecule has 0 unspecified atom stereocenters. The van der Waals surface area contributed by atoms with Crippen LogP contribution in [0.4, 0.5) is 0 Å². The Kier molecular flexibility index (Phi) is 2.51. The topological polar surface area (TPSA) is 47.8 Å². The van der Waals surface area contributed by atoms with E-state index in [1.165, 1.54) is 0 Å². The molecule has 0 amide bonds.